The molecule has 2 N–H and O–H groups in total. The first-order chi connectivity index (χ1) is 23.0. The molecule has 1 atom stereocenters. The third-order valence-electron chi connectivity index (χ3n) is 8.06. The van der Waals surface area contributed by atoms with Crippen molar-refractivity contribution < 1.29 is 14.3 Å². The van der Waals surface area contributed by atoms with Crippen LogP contribution in [0, 0.1) is 0 Å². The van der Waals surface area contributed by atoms with Crippen LogP contribution in [0.2, 0.25) is 0 Å². The van der Waals surface area contributed by atoms with Crippen molar-refractivity contribution in [3.05, 3.63) is 88.4 Å². The van der Waals surface area contributed by atoms with E-state index in [0.29, 0.717) is 30.2 Å². The predicted octanol–water partition coefficient (Wildman–Crippen LogP) is 7.54. The fourth-order valence-corrected chi connectivity index (χ4v) is 6.09. The fourth-order valence-electron chi connectivity index (χ4n) is 5.12. The lowest BCUT2D eigenvalue weighted by Crippen LogP contribution is -2.49. The summed E-state index contributed by atoms with van der Waals surface area (Å²) in [6.07, 6.45) is 10.1. The van der Waals surface area contributed by atoms with Crippen molar-refractivity contribution in [1.82, 2.24) is 25.5 Å². The highest BCUT2D eigenvalue weighted by Gasteiger charge is 2.24. The molecule has 4 aromatic rings. The van der Waals surface area contributed by atoms with Gasteiger partial charge in [-0.1, -0.05) is 89.8 Å². The maximum absolute atomic E-state index is 13.2. The molecule has 2 amide bonds. The molecule has 9 heteroatoms. The molecule has 0 radical (unpaired) electrons. The zero-order valence-electron chi connectivity index (χ0n) is 29.3. The summed E-state index contributed by atoms with van der Waals surface area (Å²) in [7, 11) is 3.91. The number of unbranched alkanes of at least 4 members (excludes halogenated alkanes) is 4. The normalized spacial score (nSPS) is 12.1. The number of amides is 2. The van der Waals surface area contributed by atoms with Gasteiger partial charge in [0.15, 0.2) is 5.82 Å². The maximum Gasteiger partial charge on any atom is 0.262 e. The molecule has 0 spiro atoms. The molecule has 1 unspecified atom stereocenters. The van der Waals surface area contributed by atoms with Crippen LogP contribution in [-0.4, -0.2) is 66.5 Å². The zero-order valence-corrected chi connectivity index (χ0v) is 30.2. The Morgan fingerprint density at radius 1 is 0.854 bits per heavy atom. The van der Waals surface area contributed by atoms with Gasteiger partial charge in [0.05, 0.1) is 11.5 Å². The number of likely N-dealkylation sites (N-methyl/N-ethyl adjacent to an activating group) is 1. The van der Waals surface area contributed by atoms with E-state index in [-0.39, 0.29) is 17.2 Å². The number of rotatable bonds is 17. The van der Waals surface area contributed by atoms with Gasteiger partial charge < -0.3 is 20.3 Å². The van der Waals surface area contributed by atoms with Gasteiger partial charge in [0.2, 0.25) is 5.91 Å². The lowest BCUT2D eigenvalue weighted by Gasteiger charge is -2.19. The van der Waals surface area contributed by atoms with Crippen LogP contribution in [0.3, 0.4) is 0 Å². The van der Waals surface area contributed by atoms with Crippen LogP contribution in [0.4, 0.5) is 0 Å². The predicted molar refractivity (Wildman–Crippen MR) is 197 cm³/mol. The molecule has 0 aliphatic heterocycles. The van der Waals surface area contributed by atoms with Crippen molar-refractivity contribution in [3.8, 4) is 28.3 Å². The number of ether oxygens (including phenoxy) is 1. The topological polar surface area (TPSA) is 96.4 Å². The third-order valence-corrected chi connectivity index (χ3v) is 9.57. The van der Waals surface area contributed by atoms with Crippen LogP contribution in [0.15, 0.2) is 73.1 Å². The molecular weight excluding hydrogens is 619 g/mol. The number of thiophene rings is 1. The molecule has 4 rings (SSSR count). The average Bonchev–Trinajstić information content (AvgIpc) is 3.59. The quantitative estimate of drug-likeness (QED) is 0.113. The van der Waals surface area contributed by atoms with Gasteiger partial charge in [0.1, 0.15) is 11.8 Å². The van der Waals surface area contributed by atoms with Crippen LogP contribution in [0.5, 0.6) is 5.75 Å². The van der Waals surface area contributed by atoms with Gasteiger partial charge in [-0.3, -0.25) is 9.59 Å². The summed E-state index contributed by atoms with van der Waals surface area (Å²) < 4.78 is 5.90. The van der Waals surface area contributed by atoms with Gasteiger partial charge >= 0.3 is 0 Å². The Labute approximate surface area is 290 Å². The number of hydrogen-bond acceptors (Lipinski definition) is 7. The summed E-state index contributed by atoms with van der Waals surface area (Å²) in [4.78, 5) is 39.4. The van der Waals surface area contributed by atoms with Crippen LogP contribution in [-0.2, 0) is 16.6 Å². The summed E-state index contributed by atoms with van der Waals surface area (Å²) in [5.41, 5.74) is 3.71. The van der Waals surface area contributed by atoms with Crippen LogP contribution in [0.25, 0.3) is 22.5 Å². The van der Waals surface area contributed by atoms with Gasteiger partial charge in [-0.25, -0.2) is 9.97 Å². The first-order valence-electron chi connectivity index (χ1n) is 17.0. The number of nitrogens with zero attached hydrogens (tertiary/aromatic N) is 3. The number of hydrogen-bond donors (Lipinski definition) is 2. The summed E-state index contributed by atoms with van der Waals surface area (Å²) in [6.45, 7) is 10.5. The Kier molecular flexibility index (Phi) is 13.7. The zero-order chi connectivity index (χ0) is 34.5. The van der Waals surface area contributed by atoms with Crippen molar-refractivity contribution in [2.45, 2.75) is 77.7 Å². The van der Waals surface area contributed by atoms with E-state index in [1.165, 1.54) is 37.0 Å². The molecule has 256 valence electrons. The first kappa shape index (κ1) is 36.8. The Morgan fingerprint density at radius 3 is 2.15 bits per heavy atom. The van der Waals surface area contributed by atoms with Crippen LogP contribution in [0.1, 0.15) is 79.9 Å². The Bertz CT molecular complexity index is 1580. The molecule has 48 heavy (non-hydrogen) atoms. The molecule has 0 saturated carbocycles. The minimum absolute atomic E-state index is 0.0499. The highest BCUT2D eigenvalue weighted by molar-refractivity contribution is 7.14. The maximum atomic E-state index is 13.2. The second kappa shape index (κ2) is 17.9. The first-order valence-corrected chi connectivity index (χ1v) is 17.8. The van der Waals surface area contributed by atoms with Crippen molar-refractivity contribution in [2.24, 2.45) is 0 Å². The largest absolute Gasteiger partial charge is 0.494 e. The minimum Gasteiger partial charge on any atom is -0.494 e. The van der Waals surface area contributed by atoms with Crippen molar-refractivity contribution in [1.29, 1.82) is 0 Å². The standard InChI is InChI=1S/C39H51N5O3S/c1-7-8-9-10-11-24-47-32-18-16-29(17-19-32)31-26-41-36(42-27-31)30-14-12-28(13-15-30)25-33(37(45)40-22-23-44(5)6)43-38(46)34-20-21-35(48-34)39(2,3)4/h12-21,26-27,33H,7-11,22-25H2,1-6H3,(H,40,45)(H,43,46). The highest BCUT2D eigenvalue weighted by atomic mass is 32.1. The minimum atomic E-state index is -0.719. The monoisotopic (exact) mass is 669 g/mol. The summed E-state index contributed by atoms with van der Waals surface area (Å²) in [6, 6.07) is 19.0. The highest BCUT2D eigenvalue weighted by Crippen LogP contribution is 2.29. The van der Waals surface area contributed by atoms with E-state index in [2.05, 4.69) is 48.3 Å². The second-order valence-corrected chi connectivity index (χ2v) is 14.6. The molecule has 2 aromatic heterocycles. The number of benzene rings is 2. The molecular formula is C39H51N5O3S. The number of carbonyl (C=O) groups excluding carboxylic acids is 2. The van der Waals surface area contributed by atoms with E-state index in [4.69, 9.17) is 4.74 Å². The smallest absolute Gasteiger partial charge is 0.262 e. The lowest BCUT2D eigenvalue weighted by atomic mass is 9.95. The van der Waals surface area contributed by atoms with E-state index in [0.717, 1.165) is 45.9 Å². The average molecular weight is 670 g/mol. The van der Waals surface area contributed by atoms with Gasteiger partial charge in [-0.2, -0.15) is 0 Å². The van der Waals surface area contributed by atoms with Crippen molar-refractivity contribution >= 4 is 23.2 Å². The number of nitrogens with one attached hydrogen (secondary N) is 2. The van der Waals surface area contributed by atoms with Crippen molar-refractivity contribution in [3.63, 3.8) is 0 Å². The van der Waals surface area contributed by atoms with Gasteiger partial charge in [-0.15, -0.1) is 11.3 Å². The SMILES string of the molecule is CCCCCCCOc1ccc(-c2cnc(-c3ccc(CC(NC(=O)c4ccc(C(C)(C)C)s4)C(=O)NCCN(C)C)cc3)nc2)cc1. The third kappa shape index (κ3) is 11.3. The number of carbonyl (C=O) groups is 2. The van der Waals surface area contributed by atoms with Crippen LogP contribution < -0.4 is 15.4 Å². The van der Waals surface area contributed by atoms with Crippen molar-refractivity contribution in [2.75, 3.05) is 33.8 Å². The van der Waals surface area contributed by atoms with Gasteiger partial charge in [-0.05, 0) is 61.3 Å². The molecule has 0 bridgehead atoms. The Morgan fingerprint density at radius 2 is 1.52 bits per heavy atom. The summed E-state index contributed by atoms with van der Waals surface area (Å²) >= 11 is 1.46. The van der Waals surface area contributed by atoms with E-state index in [1.54, 1.807) is 0 Å². The molecule has 8 nitrogen and oxygen atoms in total. The Balaban J connectivity index is 1.38. The van der Waals surface area contributed by atoms with Crippen LogP contribution >= 0.6 is 11.3 Å². The second-order valence-electron chi connectivity index (χ2n) is 13.5. The van der Waals surface area contributed by atoms with Gasteiger partial charge in [0.25, 0.3) is 5.91 Å². The number of aromatic nitrogens is 2. The summed E-state index contributed by atoms with van der Waals surface area (Å²) in [5, 5.41) is 5.97. The molecule has 2 heterocycles. The molecule has 0 fully saturated rings. The lowest BCUT2D eigenvalue weighted by molar-refractivity contribution is -0.123. The Hall–Kier alpha value is -4.08. The molecule has 0 aliphatic rings. The van der Waals surface area contributed by atoms with E-state index < -0.39 is 6.04 Å². The van der Waals surface area contributed by atoms with E-state index >= 15 is 0 Å². The van der Waals surface area contributed by atoms with E-state index in [1.807, 2.05) is 92.1 Å². The molecule has 0 aliphatic carbocycles. The fraction of sp³-hybridized carbons (Fsp3) is 0.436. The molecule has 2 aromatic carbocycles. The summed E-state index contributed by atoms with van der Waals surface area (Å²) in [5.74, 6) is 1.05. The molecule has 0 saturated heterocycles. The van der Waals surface area contributed by atoms with Gasteiger partial charge in [0, 0.05) is 47.9 Å². The van der Waals surface area contributed by atoms with E-state index in [9.17, 15) is 9.59 Å².